The molecule has 0 saturated carbocycles. The van der Waals surface area contributed by atoms with Crippen molar-refractivity contribution in [3.63, 3.8) is 0 Å². The second kappa shape index (κ2) is 7.35. The maximum atomic E-state index is 13.2. The van der Waals surface area contributed by atoms with E-state index in [2.05, 4.69) is 10.1 Å². The Bertz CT molecular complexity index is 1090. The number of sulfonamides is 1. The van der Waals surface area contributed by atoms with Crippen molar-refractivity contribution in [2.45, 2.75) is 37.1 Å². The summed E-state index contributed by atoms with van der Waals surface area (Å²) in [5.41, 5.74) is 1.54. The quantitative estimate of drug-likeness (QED) is 0.631. The molecule has 1 saturated heterocycles. The molecule has 148 valence electrons. The lowest BCUT2D eigenvalue weighted by atomic mass is 10.1. The van der Waals surface area contributed by atoms with Gasteiger partial charge in [-0.3, -0.25) is 4.68 Å². The van der Waals surface area contributed by atoms with Gasteiger partial charge in [-0.05, 0) is 37.5 Å². The molecule has 0 spiro atoms. The number of benzene rings is 1. The van der Waals surface area contributed by atoms with Crippen LogP contribution in [0.2, 0.25) is 5.02 Å². The third-order valence-electron chi connectivity index (χ3n) is 4.91. The van der Waals surface area contributed by atoms with Crippen LogP contribution in [0.25, 0.3) is 0 Å². The Morgan fingerprint density at radius 2 is 2.04 bits per heavy atom. The van der Waals surface area contributed by atoms with E-state index in [-0.39, 0.29) is 4.90 Å². The van der Waals surface area contributed by atoms with E-state index in [0.29, 0.717) is 41.8 Å². The first-order valence-corrected chi connectivity index (χ1v) is 10.9. The molecule has 28 heavy (non-hydrogen) atoms. The fourth-order valence-corrected chi connectivity index (χ4v) is 5.57. The number of hydrogen-bond donors (Lipinski definition) is 0. The van der Waals surface area contributed by atoms with Crippen molar-refractivity contribution in [1.29, 1.82) is 0 Å². The van der Waals surface area contributed by atoms with Crippen LogP contribution >= 0.6 is 11.6 Å². The maximum Gasteiger partial charge on any atom is 0.247 e. The number of rotatable bonds is 5. The Labute approximate surface area is 169 Å². The van der Waals surface area contributed by atoms with Crippen LogP contribution in [-0.4, -0.2) is 34.0 Å². The molecular weight excluding hydrogens is 400 g/mol. The Morgan fingerprint density at radius 3 is 2.71 bits per heavy atom. The highest BCUT2D eigenvalue weighted by molar-refractivity contribution is 7.89. The van der Waals surface area contributed by atoms with Gasteiger partial charge in [-0.1, -0.05) is 23.7 Å². The van der Waals surface area contributed by atoms with E-state index in [1.165, 1.54) is 8.99 Å². The number of aryl methyl sites for hydroxylation is 2. The highest BCUT2D eigenvalue weighted by Crippen LogP contribution is 2.37. The average Bonchev–Trinajstić information content (AvgIpc) is 3.36. The zero-order chi connectivity index (χ0) is 19.9. The first-order valence-electron chi connectivity index (χ1n) is 9.06. The highest BCUT2D eigenvalue weighted by Gasteiger charge is 2.40. The largest absolute Gasteiger partial charge is 0.444 e. The molecular formula is C19H21ClN4O3S. The SMILES string of the molecule is Cc1nn(C)cc1S(=O)(=O)N1CCCC1c1ncc(Cc2ccc(Cl)cc2)o1. The van der Waals surface area contributed by atoms with Crippen molar-refractivity contribution in [1.82, 2.24) is 19.1 Å². The first-order chi connectivity index (χ1) is 13.3. The van der Waals surface area contributed by atoms with Gasteiger partial charge in [-0.25, -0.2) is 13.4 Å². The van der Waals surface area contributed by atoms with Gasteiger partial charge in [0.25, 0.3) is 0 Å². The number of hydrogen-bond acceptors (Lipinski definition) is 5. The molecule has 0 bridgehead atoms. The van der Waals surface area contributed by atoms with E-state index in [4.69, 9.17) is 16.0 Å². The molecule has 0 aliphatic carbocycles. The van der Waals surface area contributed by atoms with E-state index in [0.717, 1.165) is 12.0 Å². The minimum atomic E-state index is -3.66. The van der Waals surface area contributed by atoms with Gasteiger partial charge in [0.1, 0.15) is 16.7 Å². The molecule has 2 aromatic heterocycles. The van der Waals surface area contributed by atoms with Crippen LogP contribution in [0.5, 0.6) is 0 Å². The molecule has 3 aromatic rings. The van der Waals surface area contributed by atoms with Gasteiger partial charge < -0.3 is 4.42 Å². The van der Waals surface area contributed by atoms with Crippen LogP contribution in [0, 0.1) is 6.92 Å². The Balaban J connectivity index is 1.58. The van der Waals surface area contributed by atoms with E-state index >= 15 is 0 Å². The molecule has 0 radical (unpaired) electrons. The van der Waals surface area contributed by atoms with Gasteiger partial charge >= 0.3 is 0 Å². The van der Waals surface area contributed by atoms with Crippen molar-refractivity contribution in [3.05, 3.63) is 64.6 Å². The number of oxazole rings is 1. The lowest BCUT2D eigenvalue weighted by Crippen LogP contribution is -2.31. The van der Waals surface area contributed by atoms with E-state index in [9.17, 15) is 8.42 Å². The van der Waals surface area contributed by atoms with E-state index in [1.807, 2.05) is 24.3 Å². The van der Waals surface area contributed by atoms with Crippen molar-refractivity contribution >= 4 is 21.6 Å². The molecule has 0 amide bonds. The van der Waals surface area contributed by atoms with Gasteiger partial charge in [-0.2, -0.15) is 9.40 Å². The molecule has 1 unspecified atom stereocenters. The third kappa shape index (κ3) is 3.59. The molecule has 7 nitrogen and oxygen atoms in total. The standard InChI is InChI=1S/C19H21ClN4O3S/c1-13-18(12-23(2)22-13)28(25,26)24-9-3-4-17(24)19-21-11-16(27-19)10-14-5-7-15(20)8-6-14/h5-8,11-12,17H,3-4,9-10H2,1-2H3. The Hall–Kier alpha value is -2.16. The number of halogens is 1. The summed E-state index contributed by atoms with van der Waals surface area (Å²) in [5.74, 6) is 1.13. The normalized spacial score (nSPS) is 18.0. The lowest BCUT2D eigenvalue weighted by molar-refractivity contribution is 0.322. The first kappa shape index (κ1) is 19.2. The molecule has 9 heteroatoms. The van der Waals surface area contributed by atoms with E-state index in [1.54, 1.807) is 26.4 Å². The summed E-state index contributed by atoms with van der Waals surface area (Å²) in [5, 5.41) is 4.85. The minimum absolute atomic E-state index is 0.231. The van der Waals surface area contributed by atoms with Crippen LogP contribution in [0.1, 0.15) is 41.8 Å². The summed E-state index contributed by atoms with van der Waals surface area (Å²) < 4.78 is 35.3. The lowest BCUT2D eigenvalue weighted by Gasteiger charge is -2.21. The molecule has 3 heterocycles. The molecule has 4 rings (SSSR count). The zero-order valence-electron chi connectivity index (χ0n) is 15.7. The summed E-state index contributed by atoms with van der Waals surface area (Å²) >= 11 is 5.92. The van der Waals surface area contributed by atoms with Gasteiger partial charge in [0, 0.05) is 31.2 Å². The van der Waals surface area contributed by atoms with Crippen molar-refractivity contribution in [2.24, 2.45) is 7.05 Å². The minimum Gasteiger partial charge on any atom is -0.444 e. The van der Waals surface area contributed by atoms with Gasteiger partial charge in [-0.15, -0.1) is 0 Å². The summed E-state index contributed by atoms with van der Waals surface area (Å²) in [4.78, 5) is 4.61. The zero-order valence-corrected chi connectivity index (χ0v) is 17.2. The number of nitrogens with zero attached hydrogens (tertiary/aromatic N) is 4. The van der Waals surface area contributed by atoms with Crippen LogP contribution in [0.3, 0.4) is 0 Å². The molecule has 1 fully saturated rings. The number of aromatic nitrogens is 3. The molecule has 1 aromatic carbocycles. The van der Waals surface area contributed by atoms with E-state index < -0.39 is 16.1 Å². The van der Waals surface area contributed by atoms with Crippen molar-refractivity contribution < 1.29 is 12.8 Å². The van der Waals surface area contributed by atoms with Crippen molar-refractivity contribution in [2.75, 3.05) is 6.54 Å². The molecule has 1 aliphatic rings. The Morgan fingerprint density at radius 1 is 1.29 bits per heavy atom. The van der Waals surface area contributed by atoms with Crippen molar-refractivity contribution in [3.8, 4) is 0 Å². The fraction of sp³-hybridized carbons (Fsp3) is 0.368. The highest BCUT2D eigenvalue weighted by atomic mass is 35.5. The van der Waals surface area contributed by atoms with Crippen LogP contribution in [0.15, 0.2) is 46.0 Å². The second-order valence-corrected chi connectivity index (χ2v) is 9.29. The molecule has 0 N–H and O–H groups in total. The van der Waals surface area contributed by atoms with Gasteiger partial charge in [0.2, 0.25) is 15.9 Å². The smallest absolute Gasteiger partial charge is 0.247 e. The topological polar surface area (TPSA) is 81.2 Å². The molecule has 1 atom stereocenters. The molecule has 1 aliphatic heterocycles. The van der Waals surface area contributed by atoms with Crippen LogP contribution in [0.4, 0.5) is 0 Å². The third-order valence-corrected chi connectivity index (χ3v) is 7.17. The predicted molar refractivity (Wildman–Crippen MR) is 105 cm³/mol. The van der Waals surface area contributed by atoms with Gasteiger partial charge in [0.05, 0.1) is 11.9 Å². The summed E-state index contributed by atoms with van der Waals surface area (Å²) in [6, 6.07) is 7.12. The Kier molecular flexibility index (Phi) is 5.03. The van der Waals surface area contributed by atoms with Crippen LogP contribution < -0.4 is 0 Å². The average molecular weight is 421 g/mol. The monoisotopic (exact) mass is 420 g/mol. The fourth-order valence-electron chi connectivity index (χ4n) is 3.59. The summed E-state index contributed by atoms with van der Waals surface area (Å²) in [6.07, 6.45) is 5.23. The predicted octanol–water partition coefficient (Wildman–Crippen LogP) is 3.49. The summed E-state index contributed by atoms with van der Waals surface area (Å²) in [6.45, 7) is 2.14. The van der Waals surface area contributed by atoms with Crippen LogP contribution in [-0.2, 0) is 23.5 Å². The second-order valence-electron chi connectivity index (χ2n) is 6.99. The summed E-state index contributed by atoms with van der Waals surface area (Å²) in [7, 11) is -1.95. The van der Waals surface area contributed by atoms with Gasteiger partial charge in [0.15, 0.2) is 0 Å². The maximum absolute atomic E-state index is 13.2.